The lowest BCUT2D eigenvalue weighted by Crippen LogP contribution is -2.38. The number of para-hydroxylation sites is 1. The molecule has 5 heteroatoms. The van der Waals surface area contributed by atoms with Gasteiger partial charge in [0.25, 0.3) is 0 Å². The van der Waals surface area contributed by atoms with E-state index in [4.69, 9.17) is 4.74 Å². The summed E-state index contributed by atoms with van der Waals surface area (Å²) in [5, 5.41) is 3.95. The summed E-state index contributed by atoms with van der Waals surface area (Å²) in [4.78, 5) is 27.5. The van der Waals surface area contributed by atoms with E-state index in [9.17, 15) is 9.59 Å². The van der Waals surface area contributed by atoms with Crippen LogP contribution in [0.3, 0.4) is 0 Å². The molecule has 2 aromatic carbocycles. The van der Waals surface area contributed by atoms with Crippen molar-refractivity contribution in [3.05, 3.63) is 70.0 Å². The van der Waals surface area contributed by atoms with Gasteiger partial charge in [-0.15, -0.1) is 0 Å². The van der Waals surface area contributed by atoms with E-state index in [1.807, 2.05) is 63.2 Å². The molecule has 3 aromatic rings. The minimum absolute atomic E-state index is 0.0553. The summed E-state index contributed by atoms with van der Waals surface area (Å²) in [6.07, 6.45) is 0.607. The van der Waals surface area contributed by atoms with Crippen LogP contribution in [0.2, 0.25) is 0 Å². The van der Waals surface area contributed by atoms with E-state index < -0.39 is 5.60 Å². The fourth-order valence-corrected chi connectivity index (χ4v) is 3.77. The van der Waals surface area contributed by atoms with Crippen molar-refractivity contribution >= 4 is 22.5 Å². The SMILES string of the molecule is Cc1cc(=O)[nH]c2ccc(NC(=O)C3CC(C)(C)Oc4ccccc43)cc12. The number of fused-ring (bicyclic) bond motifs is 2. The fourth-order valence-electron chi connectivity index (χ4n) is 3.77. The molecule has 5 nitrogen and oxygen atoms in total. The highest BCUT2D eigenvalue weighted by atomic mass is 16.5. The van der Waals surface area contributed by atoms with Crippen molar-refractivity contribution in [1.82, 2.24) is 4.98 Å². The minimum Gasteiger partial charge on any atom is -0.488 e. The summed E-state index contributed by atoms with van der Waals surface area (Å²) in [5.74, 6) is 0.429. The molecular weight excluding hydrogens is 340 g/mol. The zero-order valence-electron chi connectivity index (χ0n) is 15.6. The van der Waals surface area contributed by atoms with Crippen molar-refractivity contribution < 1.29 is 9.53 Å². The molecule has 4 rings (SSSR count). The molecule has 0 fully saturated rings. The van der Waals surface area contributed by atoms with Crippen LogP contribution in [-0.4, -0.2) is 16.5 Å². The number of ether oxygens (including phenoxy) is 1. The van der Waals surface area contributed by atoms with Gasteiger partial charge in [0.15, 0.2) is 0 Å². The Balaban J connectivity index is 1.66. The molecule has 0 bridgehead atoms. The third kappa shape index (κ3) is 3.33. The Hall–Kier alpha value is -3.08. The molecule has 0 saturated carbocycles. The van der Waals surface area contributed by atoms with E-state index in [0.717, 1.165) is 27.8 Å². The van der Waals surface area contributed by atoms with Crippen LogP contribution in [-0.2, 0) is 4.79 Å². The van der Waals surface area contributed by atoms with Gasteiger partial charge in [0.2, 0.25) is 11.5 Å². The maximum atomic E-state index is 13.1. The minimum atomic E-state index is -0.407. The molecular formula is C22H22N2O3. The highest BCUT2D eigenvalue weighted by Crippen LogP contribution is 2.41. The van der Waals surface area contributed by atoms with Crippen LogP contribution >= 0.6 is 0 Å². The standard InChI is InChI=1S/C22H22N2O3/c1-13-10-20(25)24-18-9-8-14(11-16(13)18)23-21(26)17-12-22(2,3)27-19-7-5-4-6-15(17)19/h4-11,17H,12H2,1-3H3,(H,23,26)(H,24,25). The predicted octanol–water partition coefficient (Wildman–Crippen LogP) is 4.12. The number of carbonyl (C=O) groups is 1. The molecule has 2 N–H and O–H groups in total. The van der Waals surface area contributed by atoms with Gasteiger partial charge < -0.3 is 15.0 Å². The maximum absolute atomic E-state index is 13.1. The van der Waals surface area contributed by atoms with Crippen molar-refractivity contribution in [2.45, 2.75) is 38.7 Å². The summed E-state index contributed by atoms with van der Waals surface area (Å²) in [7, 11) is 0. The van der Waals surface area contributed by atoms with Gasteiger partial charge in [0.05, 0.1) is 5.92 Å². The second kappa shape index (κ2) is 6.27. The molecule has 1 aliphatic rings. The number of hydrogen-bond donors (Lipinski definition) is 2. The van der Waals surface area contributed by atoms with Gasteiger partial charge in [-0.2, -0.15) is 0 Å². The number of H-pyrrole nitrogens is 1. The number of carbonyl (C=O) groups excluding carboxylic acids is 1. The molecule has 1 unspecified atom stereocenters. The van der Waals surface area contributed by atoms with Gasteiger partial charge in [-0.3, -0.25) is 9.59 Å². The maximum Gasteiger partial charge on any atom is 0.248 e. The molecule has 1 aliphatic heterocycles. The van der Waals surface area contributed by atoms with E-state index in [0.29, 0.717) is 12.1 Å². The van der Waals surface area contributed by atoms with Crippen LogP contribution < -0.4 is 15.6 Å². The van der Waals surface area contributed by atoms with Gasteiger partial charge >= 0.3 is 0 Å². The van der Waals surface area contributed by atoms with Crippen molar-refractivity contribution in [2.24, 2.45) is 0 Å². The van der Waals surface area contributed by atoms with Crippen LogP contribution in [0, 0.1) is 6.92 Å². The van der Waals surface area contributed by atoms with E-state index in [1.54, 1.807) is 6.07 Å². The predicted molar refractivity (Wildman–Crippen MR) is 106 cm³/mol. The average Bonchev–Trinajstić information content (AvgIpc) is 2.60. The van der Waals surface area contributed by atoms with Crippen molar-refractivity contribution in [3.63, 3.8) is 0 Å². The molecule has 0 saturated heterocycles. The molecule has 0 aliphatic carbocycles. The highest BCUT2D eigenvalue weighted by molar-refractivity contribution is 5.98. The lowest BCUT2D eigenvalue weighted by Gasteiger charge is -2.37. The molecule has 138 valence electrons. The number of aryl methyl sites for hydroxylation is 1. The second-order valence-electron chi connectivity index (χ2n) is 7.72. The molecule has 27 heavy (non-hydrogen) atoms. The number of anilines is 1. The second-order valence-corrected chi connectivity index (χ2v) is 7.72. The van der Waals surface area contributed by atoms with Crippen molar-refractivity contribution in [2.75, 3.05) is 5.32 Å². The molecule has 1 aromatic heterocycles. The number of hydrogen-bond acceptors (Lipinski definition) is 3. The Bertz CT molecular complexity index is 1100. The molecule has 2 heterocycles. The van der Waals surface area contributed by atoms with Gasteiger partial charge in [-0.25, -0.2) is 0 Å². The van der Waals surface area contributed by atoms with Gasteiger partial charge in [-0.1, -0.05) is 18.2 Å². The molecule has 0 spiro atoms. The molecule has 1 amide bonds. The summed E-state index contributed by atoms with van der Waals surface area (Å²) in [6.45, 7) is 5.89. The van der Waals surface area contributed by atoms with Gasteiger partial charge in [0, 0.05) is 34.6 Å². The van der Waals surface area contributed by atoms with Gasteiger partial charge in [-0.05, 0) is 50.6 Å². The van der Waals surface area contributed by atoms with E-state index in [-0.39, 0.29) is 17.4 Å². The summed E-state index contributed by atoms with van der Waals surface area (Å²) >= 11 is 0. The zero-order valence-corrected chi connectivity index (χ0v) is 15.6. The van der Waals surface area contributed by atoms with E-state index in [2.05, 4.69) is 10.3 Å². The Kier molecular flexibility index (Phi) is 4.02. The topological polar surface area (TPSA) is 71.2 Å². The molecule has 0 radical (unpaired) electrons. The first-order chi connectivity index (χ1) is 12.8. The zero-order chi connectivity index (χ0) is 19.2. The Labute approximate surface area is 157 Å². The lowest BCUT2D eigenvalue weighted by atomic mass is 9.84. The fraction of sp³-hybridized carbons (Fsp3) is 0.273. The first-order valence-corrected chi connectivity index (χ1v) is 9.05. The van der Waals surface area contributed by atoms with Crippen molar-refractivity contribution in [1.29, 1.82) is 0 Å². The number of amides is 1. The summed E-state index contributed by atoms with van der Waals surface area (Å²) in [6, 6.07) is 14.8. The van der Waals surface area contributed by atoms with Gasteiger partial charge in [0.1, 0.15) is 11.4 Å². The third-order valence-electron chi connectivity index (χ3n) is 5.01. The number of rotatable bonds is 2. The normalized spacial score (nSPS) is 17.8. The quantitative estimate of drug-likeness (QED) is 0.720. The van der Waals surface area contributed by atoms with E-state index >= 15 is 0 Å². The Morgan fingerprint density at radius 3 is 2.78 bits per heavy atom. The van der Waals surface area contributed by atoms with Crippen LogP contribution in [0.1, 0.15) is 37.3 Å². The van der Waals surface area contributed by atoms with E-state index in [1.165, 1.54) is 0 Å². The summed E-state index contributed by atoms with van der Waals surface area (Å²) in [5.41, 5.74) is 2.73. The number of nitrogens with one attached hydrogen (secondary N) is 2. The first kappa shape index (κ1) is 17.3. The van der Waals surface area contributed by atoms with Crippen LogP contribution in [0.5, 0.6) is 5.75 Å². The van der Waals surface area contributed by atoms with Crippen LogP contribution in [0.4, 0.5) is 5.69 Å². The van der Waals surface area contributed by atoms with Crippen LogP contribution in [0.15, 0.2) is 53.3 Å². The lowest BCUT2D eigenvalue weighted by molar-refractivity contribution is -0.119. The largest absolute Gasteiger partial charge is 0.488 e. The Morgan fingerprint density at radius 2 is 1.96 bits per heavy atom. The van der Waals surface area contributed by atoms with Crippen molar-refractivity contribution in [3.8, 4) is 5.75 Å². The Morgan fingerprint density at radius 1 is 1.19 bits per heavy atom. The number of pyridine rings is 1. The van der Waals surface area contributed by atoms with Crippen LogP contribution in [0.25, 0.3) is 10.9 Å². The highest BCUT2D eigenvalue weighted by Gasteiger charge is 2.37. The monoisotopic (exact) mass is 362 g/mol. The number of aromatic nitrogens is 1. The first-order valence-electron chi connectivity index (χ1n) is 9.05. The number of benzene rings is 2. The third-order valence-corrected chi connectivity index (χ3v) is 5.01. The number of aromatic amines is 1. The molecule has 1 atom stereocenters. The summed E-state index contributed by atoms with van der Waals surface area (Å²) < 4.78 is 6.02. The average molecular weight is 362 g/mol. The smallest absolute Gasteiger partial charge is 0.248 e.